The summed E-state index contributed by atoms with van der Waals surface area (Å²) < 4.78 is 0. The Morgan fingerprint density at radius 3 is 2.86 bits per heavy atom. The van der Waals surface area contributed by atoms with E-state index in [2.05, 4.69) is 15.8 Å². The minimum atomic E-state index is -1.35. The number of aliphatic hydroxyl groups is 1. The molecule has 0 spiro atoms. The molecular weight excluding hydrogens is 304 g/mol. The zero-order chi connectivity index (χ0) is 16.4. The molecule has 1 rings (SSSR count). The number of carbonyl (C=O) groups excluding carboxylic acids is 2. The highest BCUT2D eigenvalue weighted by molar-refractivity contribution is 7.99. The summed E-state index contributed by atoms with van der Waals surface area (Å²) in [6.07, 6.45) is 2.44. The largest absolute Gasteiger partial charge is 0.382 e. The Balaban J connectivity index is 2.30. The number of hydrazine groups is 1. The molecule has 1 aromatic rings. The third-order valence-corrected chi connectivity index (χ3v) is 3.82. The van der Waals surface area contributed by atoms with Crippen molar-refractivity contribution < 1.29 is 14.7 Å². The maximum Gasteiger partial charge on any atom is 0.268 e. The maximum atomic E-state index is 11.7. The number of nitrogens with one attached hydrogen (secondary N) is 2. The van der Waals surface area contributed by atoms with Crippen molar-refractivity contribution in [1.29, 1.82) is 0 Å². The molecule has 0 aliphatic carbocycles. The van der Waals surface area contributed by atoms with Crippen LogP contribution in [-0.2, 0) is 16.0 Å². The Morgan fingerprint density at radius 1 is 1.45 bits per heavy atom. The van der Waals surface area contributed by atoms with Crippen molar-refractivity contribution in [3.05, 3.63) is 30.1 Å². The summed E-state index contributed by atoms with van der Waals surface area (Å²) >= 11 is 1.69. The van der Waals surface area contributed by atoms with Crippen LogP contribution in [0.4, 0.5) is 0 Å². The molecule has 0 aliphatic rings. The zero-order valence-corrected chi connectivity index (χ0v) is 13.3. The molecule has 0 bridgehead atoms. The van der Waals surface area contributed by atoms with Crippen molar-refractivity contribution in [2.24, 2.45) is 5.73 Å². The second-order valence-corrected chi connectivity index (χ2v) is 6.06. The summed E-state index contributed by atoms with van der Waals surface area (Å²) in [6.45, 7) is 2.02. The molecule has 7 nitrogen and oxygen atoms in total. The van der Waals surface area contributed by atoms with Crippen LogP contribution >= 0.6 is 11.8 Å². The fraction of sp³-hybridized carbons (Fsp3) is 0.500. The average molecular weight is 326 g/mol. The second-order valence-electron chi connectivity index (χ2n) is 4.67. The third kappa shape index (κ3) is 6.88. The topological polar surface area (TPSA) is 117 Å². The first-order valence-electron chi connectivity index (χ1n) is 7.03. The lowest BCUT2D eigenvalue weighted by Gasteiger charge is -2.18. The minimum Gasteiger partial charge on any atom is -0.382 e. The highest BCUT2D eigenvalue weighted by Gasteiger charge is 2.22. The van der Waals surface area contributed by atoms with Gasteiger partial charge in [0.25, 0.3) is 5.91 Å². The predicted octanol–water partition coefficient (Wildman–Crippen LogP) is -0.397. The van der Waals surface area contributed by atoms with Crippen molar-refractivity contribution in [2.75, 3.05) is 11.5 Å². The van der Waals surface area contributed by atoms with Crippen LogP contribution in [0.5, 0.6) is 0 Å². The summed E-state index contributed by atoms with van der Waals surface area (Å²) in [5, 5.41) is 9.78. The molecule has 122 valence electrons. The number of hydrogen-bond acceptors (Lipinski definition) is 6. The van der Waals surface area contributed by atoms with E-state index in [0.29, 0.717) is 6.42 Å². The van der Waals surface area contributed by atoms with Crippen LogP contribution in [0.3, 0.4) is 0 Å². The number of nitrogens with zero attached hydrogens (tertiary/aromatic N) is 1. The van der Waals surface area contributed by atoms with Crippen LogP contribution in [0.25, 0.3) is 0 Å². The van der Waals surface area contributed by atoms with Gasteiger partial charge in [-0.3, -0.25) is 25.4 Å². The third-order valence-electron chi connectivity index (χ3n) is 2.89. The summed E-state index contributed by atoms with van der Waals surface area (Å²) in [4.78, 5) is 27.2. The molecule has 2 amide bonds. The van der Waals surface area contributed by atoms with Crippen LogP contribution in [-0.4, -0.2) is 45.6 Å². The average Bonchev–Trinajstić information content (AvgIpc) is 2.53. The standard InChI is InChI=1S/C14H22N4O3S/c1-2-22-7-5-11(15)13(20)14(21)18-17-12(19)8-10-4-3-6-16-9-10/h3-4,6,9,11,13,20H,2,5,7-8,15H2,1H3,(H,17,19)(H,18,21)/t11-,13?/m1/s1. The van der Waals surface area contributed by atoms with Gasteiger partial charge < -0.3 is 10.8 Å². The molecule has 1 unspecified atom stereocenters. The highest BCUT2D eigenvalue weighted by atomic mass is 32.2. The highest BCUT2D eigenvalue weighted by Crippen LogP contribution is 2.05. The van der Waals surface area contributed by atoms with E-state index in [-0.39, 0.29) is 6.42 Å². The Morgan fingerprint density at radius 2 is 2.23 bits per heavy atom. The first-order valence-corrected chi connectivity index (χ1v) is 8.19. The molecule has 1 heterocycles. The van der Waals surface area contributed by atoms with Gasteiger partial charge in [-0.2, -0.15) is 11.8 Å². The molecular formula is C14H22N4O3S. The molecule has 0 saturated carbocycles. The van der Waals surface area contributed by atoms with Gasteiger partial charge in [0.2, 0.25) is 5.91 Å². The quantitative estimate of drug-likeness (QED) is 0.381. The fourth-order valence-corrected chi connectivity index (χ4v) is 2.38. The Kier molecular flexibility index (Phi) is 8.49. The molecule has 2 atom stereocenters. The van der Waals surface area contributed by atoms with E-state index in [9.17, 15) is 14.7 Å². The second kappa shape index (κ2) is 10.1. The first-order chi connectivity index (χ1) is 10.5. The molecule has 0 aromatic carbocycles. The van der Waals surface area contributed by atoms with Gasteiger partial charge in [0.05, 0.1) is 6.42 Å². The van der Waals surface area contributed by atoms with Crippen LogP contribution in [0, 0.1) is 0 Å². The zero-order valence-electron chi connectivity index (χ0n) is 12.5. The van der Waals surface area contributed by atoms with Gasteiger partial charge in [0.1, 0.15) is 6.10 Å². The van der Waals surface area contributed by atoms with Crippen molar-refractivity contribution in [3.8, 4) is 0 Å². The molecule has 5 N–H and O–H groups in total. The minimum absolute atomic E-state index is 0.0867. The SMILES string of the molecule is CCSCC[C@@H](N)C(O)C(=O)NNC(=O)Cc1cccnc1. The molecule has 1 aromatic heterocycles. The number of rotatable bonds is 8. The molecule has 0 fully saturated rings. The predicted molar refractivity (Wildman–Crippen MR) is 85.8 cm³/mol. The molecule has 8 heteroatoms. The first kappa shape index (κ1) is 18.4. The van der Waals surface area contributed by atoms with Gasteiger partial charge in [-0.15, -0.1) is 0 Å². The van der Waals surface area contributed by atoms with Crippen LogP contribution in [0.15, 0.2) is 24.5 Å². The number of aromatic nitrogens is 1. The van der Waals surface area contributed by atoms with Gasteiger partial charge in [0.15, 0.2) is 0 Å². The summed E-state index contributed by atoms with van der Waals surface area (Å²) in [5.74, 6) is 0.617. The van der Waals surface area contributed by atoms with Crippen LogP contribution < -0.4 is 16.6 Å². The van der Waals surface area contributed by atoms with Gasteiger partial charge in [-0.1, -0.05) is 13.0 Å². The number of hydrogen-bond donors (Lipinski definition) is 4. The Hall–Kier alpha value is -1.64. The maximum absolute atomic E-state index is 11.7. The van der Waals surface area contributed by atoms with Gasteiger partial charge >= 0.3 is 0 Å². The molecule has 0 aliphatic heterocycles. The van der Waals surface area contributed by atoms with Gasteiger partial charge in [0, 0.05) is 18.4 Å². The number of aliphatic hydroxyl groups excluding tert-OH is 1. The van der Waals surface area contributed by atoms with Crippen molar-refractivity contribution in [3.63, 3.8) is 0 Å². The van der Waals surface area contributed by atoms with Crippen LogP contribution in [0.1, 0.15) is 18.9 Å². The molecule has 0 radical (unpaired) electrons. The summed E-state index contributed by atoms with van der Waals surface area (Å²) in [7, 11) is 0. The summed E-state index contributed by atoms with van der Waals surface area (Å²) in [5.41, 5.74) is 10.9. The number of nitrogens with two attached hydrogens (primary N) is 1. The number of pyridine rings is 1. The Bertz CT molecular complexity index is 472. The van der Waals surface area contributed by atoms with E-state index in [1.165, 1.54) is 0 Å². The van der Waals surface area contributed by atoms with E-state index < -0.39 is 24.0 Å². The normalized spacial score (nSPS) is 13.2. The van der Waals surface area contributed by atoms with E-state index in [4.69, 9.17) is 5.73 Å². The van der Waals surface area contributed by atoms with Gasteiger partial charge in [-0.05, 0) is 29.6 Å². The van der Waals surface area contributed by atoms with Crippen molar-refractivity contribution >= 4 is 23.6 Å². The summed E-state index contributed by atoms with van der Waals surface area (Å²) in [6, 6.07) is 2.82. The number of thioether (sulfide) groups is 1. The van der Waals surface area contributed by atoms with Crippen molar-refractivity contribution in [2.45, 2.75) is 31.9 Å². The molecule has 22 heavy (non-hydrogen) atoms. The monoisotopic (exact) mass is 326 g/mol. The number of amides is 2. The van der Waals surface area contributed by atoms with E-state index in [1.54, 1.807) is 36.3 Å². The fourth-order valence-electron chi connectivity index (χ4n) is 1.65. The van der Waals surface area contributed by atoms with E-state index >= 15 is 0 Å². The van der Waals surface area contributed by atoms with Crippen molar-refractivity contribution in [1.82, 2.24) is 15.8 Å². The van der Waals surface area contributed by atoms with Gasteiger partial charge in [-0.25, -0.2) is 0 Å². The van der Waals surface area contributed by atoms with E-state index in [1.807, 2.05) is 6.92 Å². The lowest BCUT2D eigenvalue weighted by atomic mass is 10.1. The smallest absolute Gasteiger partial charge is 0.268 e. The van der Waals surface area contributed by atoms with E-state index in [0.717, 1.165) is 17.1 Å². The van der Waals surface area contributed by atoms with Crippen LogP contribution in [0.2, 0.25) is 0 Å². The lowest BCUT2D eigenvalue weighted by molar-refractivity contribution is -0.134. The Labute approximate surface area is 134 Å². The number of carbonyl (C=O) groups is 2. The lowest BCUT2D eigenvalue weighted by Crippen LogP contribution is -2.52. The molecule has 0 saturated heterocycles.